The van der Waals surface area contributed by atoms with E-state index >= 15 is 0 Å². The van der Waals surface area contributed by atoms with Gasteiger partial charge in [0.1, 0.15) is 5.75 Å². The molecule has 0 radical (unpaired) electrons. The second-order valence-corrected chi connectivity index (χ2v) is 4.25. The lowest BCUT2D eigenvalue weighted by atomic mass is 10.2. The molecule has 0 spiro atoms. The Bertz CT molecular complexity index is 454. The van der Waals surface area contributed by atoms with E-state index in [4.69, 9.17) is 4.74 Å². The van der Waals surface area contributed by atoms with Gasteiger partial charge < -0.3 is 9.72 Å². The molecule has 1 fully saturated rings. The normalized spacial score (nSPS) is 17.3. The molecule has 1 N–H and O–H groups in total. The maximum atomic E-state index is 5.94. The molecule has 2 nitrogen and oxygen atoms in total. The summed E-state index contributed by atoms with van der Waals surface area (Å²) in [6.07, 6.45) is 7.47. The molecule has 1 saturated carbocycles. The number of hydrogen-bond acceptors (Lipinski definition) is 1. The predicted molar refractivity (Wildman–Crippen MR) is 61.2 cm³/mol. The standard InChI is InChI=1S/C13H15NO/c1-2-4-11(3-1)15-12-5-6-13-10(9-12)7-8-14-13/h5-9,11,14H,1-4H2. The molecule has 0 aliphatic heterocycles. The van der Waals surface area contributed by atoms with Gasteiger partial charge in [0.25, 0.3) is 0 Å². The summed E-state index contributed by atoms with van der Waals surface area (Å²) < 4.78 is 5.94. The summed E-state index contributed by atoms with van der Waals surface area (Å²) in [5.74, 6) is 1.01. The van der Waals surface area contributed by atoms with E-state index in [-0.39, 0.29) is 0 Å². The minimum atomic E-state index is 0.446. The highest BCUT2D eigenvalue weighted by Gasteiger charge is 2.16. The fourth-order valence-corrected chi connectivity index (χ4v) is 2.30. The molecule has 0 unspecified atom stereocenters. The Kier molecular flexibility index (Phi) is 2.13. The van der Waals surface area contributed by atoms with Crippen LogP contribution in [0.3, 0.4) is 0 Å². The average molecular weight is 201 g/mol. The van der Waals surface area contributed by atoms with Gasteiger partial charge in [-0.1, -0.05) is 0 Å². The molecule has 1 aliphatic carbocycles. The highest BCUT2D eigenvalue weighted by atomic mass is 16.5. The van der Waals surface area contributed by atoms with Gasteiger partial charge in [-0.3, -0.25) is 0 Å². The van der Waals surface area contributed by atoms with Gasteiger partial charge in [0.2, 0.25) is 0 Å². The molecular weight excluding hydrogens is 186 g/mol. The summed E-state index contributed by atoms with van der Waals surface area (Å²) in [4.78, 5) is 3.18. The van der Waals surface area contributed by atoms with Gasteiger partial charge in [-0.25, -0.2) is 0 Å². The van der Waals surface area contributed by atoms with Crippen LogP contribution in [-0.4, -0.2) is 11.1 Å². The predicted octanol–water partition coefficient (Wildman–Crippen LogP) is 3.49. The van der Waals surface area contributed by atoms with Crippen LogP contribution in [0, 0.1) is 0 Å². The van der Waals surface area contributed by atoms with Crippen LogP contribution in [0.2, 0.25) is 0 Å². The molecule has 1 aromatic heterocycles. The van der Waals surface area contributed by atoms with Crippen molar-refractivity contribution in [3.8, 4) is 5.75 Å². The molecule has 1 aliphatic rings. The first-order valence-electron chi connectivity index (χ1n) is 5.66. The number of H-pyrrole nitrogens is 1. The molecule has 0 amide bonds. The summed E-state index contributed by atoms with van der Waals surface area (Å²) >= 11 is 0. The molecule has 0 atom stereocenters. The van der Waals surface area contributed by atoms with E-state index in [1.807, 2.05) is 6.20 Å². The minimum absolute atomic E-state index is 0.446. The van der Waals surface area contributed by atoms with Crippen molar-refractivity contribution >= 4 is 10.9 Å². The largest absolute Gasteiger partial charge is 0.490 e. The SMILES string of the molecule is c1cc2cc(OC3CCCC3)ccc2[nH]1. The van der Waals surface area contributed by atoms with Crippen LogP contribution >= 0.6 is 0 Å². The zero-order chi connectivity index (χ0) is 10.1. The quantitative estimate of drug-likeness (QED) is 0.790. The third-order valence-corrected chi connectivity index (χ3v) is 3.13. The summed E-state index contributed by atoms with van der Waals surface area (Å²) in [6, 6.07) is 8.33. The smallest absolute Gasteiger partial charge is 0.120 e. The van der Waals surface area contributed by atoms with Crippen LogP contribution in [-0.2, 0) is 0 Å². The van der Waals surface area contributed by atoms with Gasteiger partial charge in [-0.15, -0.1) is 0 Å². The Morgan fingerprint density at radius 2 is 2.00 bits per heavy atom. The molecule has 0 saturated heterocycles. The second kappa shape index (κ2) is 3.61. The van der Waals surface area contributed by atoms with Gasteiger partial charge >= 0.3 is 0 Å². The first kappa shape index (κ1) is 8.84. The number of benzene rings is 1. The lowest BCUT2D eigenvalue weighted by Crippen LogP contribution is -2.10. The fraction of sp³-hybridized carbons (Fsp3) is 0.385. The van der Waals surface area contributed by atoms with E-state index in [0.29, 0.717) is 6.10 Å². The molecule has 2 aromatic rings. The van der Waals surface area contributed by atoms with Crippen molar-refractivity contribution in [1.29, 1.82) is 0 Å². The number of nitrogens with one attached hydrogen (secondary N) is 1. The van der Waals surface area contributed by atoms with Crippen LogP contribution in [0.5, 0.6) is 5.75 Å². The van der Waals surface area contributed by atoms with Gasteiger partial charge in [0.15, 0.2) is 0 Å². The third-order valence-electron chi connectivity index (χ3n) is 3.13. The van der Waals surface area contributed by atoms with Crippen LogP contribution in [0.25, 0.3) is 10.9 Å². The Balaban J connectivity index is 1.84. The van der Waals surface area contributed by atoms with Crippen molar-refractivity contribution in [2.24, 2.45) is 0 Å². The van der Waals surface area contributed by atoms with E-state index in [9.17, 15) is 0 Å². The van der Waals surface area contributed by atoms with Crippen molar-refractivity contribution in [2.75, 3.05) is 0 Å². The molecule has 0 bridgehead atoms. The highest BCUT2D eigenvalue weighted by molar-refractivity contribution is 5.80. The van der Waals surface area contributed by atoms with Crippen molar-refractivity contribution in [3.63, 3.8) is 0 Å². The number of ether oxygens (including phenoxy) is 1. The van der Waals surface area contributed by atoms with E-state index < -0.39 is 0 Å². The van der Waals surface area contributed by atoms with Crippen molar-refractivity contribution in [2.45, 2.75) is 31.8 Å². The van der Waals surface area contributed by atoms with E-state index in [0.717, 1.165) is 5.75 Å². The average Bonchev–Trinajstić information content (AvgIpc) is 2.87. The van der Waals surface area contributed by atoms with Crippen molar-refractivity contribution in [3.05, 3.63) is 30.5 Å². The molecular formula is C13H15NO. The fourth-order valence-electron chi connectivity index (χ4n) is 2.30. The zero-order valence-electron chi connectivity index (χ0n) is 8.70. The number of aromatic nitrogens is 1. The van der Waals surface area contributed by atoms with Crippen molar-refractivity contribution in [1.82, 2.24) is 4.98 Å². The summed E-state index contributed by atoms with van der Waals surface area (Å²) in [7, 11) is 0. The van der Waals surface area contributed by atoms with Gasteiger partial charge in [0, 0.05) is 17.1 Å². The first-order chi connectivity index (χ1) is 7.42. The molecule has 2 heteroatoms. The molecule has 1 heterocycles. The number of aromatic amines is 1. The first-order valence-corrected chi connectivity index (χ1v) is 5.66. The Morgan fingerprint density at radius 3 is 2.87 bits per heavy atom. The summed E-state index contributed by atoms with van der Waals surface area (Å²) in [5, 5.41) is 1.23. The monoisotopic (exact) mass is 201 g/mol. The van der Waals surface area contributed by atoms with Gasteiger partial charge in [0.05, 0.1) is 6.10 Å². The van der Waals surface area contributed by atoms with Gasteiger partial charge in [-0.05, 0) is 49.9 Å². The van der Waals surface area contributed by atoms with Crippen LogP contribution in [0.1, 0.15) is 25.7 Å². The van der Waals surface area contributed by atoms with E-state index in [1.165, 1.54) is 36.6 Å². The maximum absolute atomic E-state index is 5.94. The van der Waals surface area contributed by atoms with Crippen LogP contribution in [0.4, 0.5) is 0 Å². The second-order valence-electron chi connectivity index (χ2n) is 4.25. The molecule has 78 valence electrons. The number of hydrogen-bond donors (Lipinski definition) is 1. The van der Waals surface area contributed by atoms with Crippen LogP contribution in [0.15, 0.2) is 30.5 Å². The summed E-state index contributed by atoms with van der Waals surface area (Å²) in [5.41, 5.74) is 1.17. The van der Waals surface area contributed by atoms with Gasteiger partial charge in [-0.2, -0.15) is 0 Å². The summed E-state index contributed by atoms with van der Waals surface area (Å²) in [6.45, 7) is 0. The minimum Gasteiger partial charge on any atom is -0.490 e. The number of fused-ring (bicyclic) bond motifs is 1. The zero-order valence-corrected chi connectivity index (χ0v) is 8.70. The lowest BCUT2D eigenvalue weighted by molar-refractivity contribution is 0.210. The maximum Gasteiger partial charge on any atom is 0.120 e. The Morgan fingerprint density at radius 1 is 1.13 bits per heavy atom. The lowest BCUT2D eigenvalue weighted by Gasteiger charge is -2.12. The third kappa shape index (κ3) is 1.72. The molecule has 1 aromatic carbocycles. The number of rotatable bonds is 2. The van der Waals surface area contributed by atoms with Crippen molar-refractivity contribution < 1.29 is 4.74 Å². The molecule has 3 rings (SSSR count). The topological polar surface area (TPSA) is 25.0 Å². The Labute approximate surface area is 89.3 Å². The van der Waals surface area contributed by atoms with E-state index in [2.05, 4.69) is 29.2 Å². The Hall–Kier alpha value is -1.44. The van der Waals surface area contributed by atoms with Crippen LogP contribution < -0.4 is 4.74 Å². The molecule has 15 heavy (non-hydrogen) atoms. The van der Waals surface area contributed by atoms with E-state index in [1.54, 1.807) is 0 Å². The highest BCUT2D eigenvalue weighted by Crippen LogP contribution is 2.26.